The molecule has 1 aromatic carbocycles. The molecule has 9 nitrogen and oxygen atoms in total. The van der Waals surface area contributed by atoms with E-state index in [4.69, 9.17) is 32.7 Å². The van der Waals surface area contributed by atoms with Crippen LogP contribution in [0.4, 0.5) is 0 Å². The lowest BCUT2D eigenvalue weighted by Crippen LogP contribution is -2.60. The van der Waals surface area contributed by atoms with Crippen molar-refractivity contribution in [3.8, 4) is 17.2 Å². The SMILES string of the molecule is CCCN1C(=O)[C@H]2[C@H](CC=C3[C@H]2C[C@@]2(Cl)C(=O)N(CBr)C(=O)[C@@]2(Cl)[C@H]3c2c(O)cc(OC)cc2OC)C1=O. The van der Waals surface area contributed by atoms with Crippen molar-refractivity contribution in [3.63, 3.8) is 0 Å². The molecule has 2 saturated heterocycles. The zero-order valence-electron chi connectivity index (χ0n) is 21.0. The number of phenolic OH excluding ortho intramolecular Hbond substituents is 1. The predicted molar refractivity (Wildman–Crippen MR) is 142 cm³/mol. The number of likely N-dealkylation sites (tertiary alicyclic amines) is 2. The van der Waals surface area contributed by atoms with Crippen LogP contribution in [0.25, 0.3) is 0 Å². The number of rotatable bonds is 6. The zero-order chi connectivity index (χ0) is 27.7. The summed E-state index contributed by atoms with van der Waals surface area (Å²) < 4.78 is 10.9. The van der Waals surface area contributed by atoms with Gasteiger partial charge < -0.3 is 14.6 Å². The number of imide groups is 2. The van der Waals surface area contributed by atoms with Crippen LogP contribution in [0.1, 0.15) is 37.7 Å². The summed E-state index contributed by atoms with van der Waals surface area (Å²) in [5.74, 6) is -4.95. The Morgan fingerprint density at radius 3 is 2.37 bits per heavy atom. The van der Waals surface area contributed by atoms with Crippen LogP contribution in [0.2, 0.25) is 0 Å². The second-order valence-corrected chi connectivity index (χ2v) is 11.8. The fourth-order valence-electron chi connectivity index (χ4n) is 6.74. The number of aromatic hydroxyl groups is 1. The Morgan fingerprint density at radius 2 is 1.76 bits per heavy atom. The van der Waals surface area contributed by atoms with Crippen molar-refractivity contribution in [2.75, 3.05) is 26.2 Å². The van der Waals surface area contributed by atoms with Crippen molar-refractivity contribution in [1.29, 1.82) is 0 Å². The fraction of sp³-hybridized carbons (Fsp3) is 0.538. The Kier molecular flexibility index (Phi) is 6.76. The van der Waals surface area contributed by atoms with E-state index in [1.807, 2.05) is 13.0 Å². The molecule has 3 fully saturated rings. The molecule has 6 atom stereocenters. The van der Waals surface area contributed by atoms with Gasteiger partial charge in [0.2, 0.25) is 11.8 Å². The summed E-state index contributed by atoms with van der Waals surface area (Å²) in [6, 6.07) is 2.90. The van der Waals surface area contributed by atoms with Gasteiger partial charge in [0.1, 0.15) is 17.2 Å². The van der Waals surface area contributed by atoms with Gasteiger partial charge in [-0.15, -0.1) is 23.2 Å². The van der Waals surface area contributed by atoms with E-state index in [0.29, 0.717) is 24.3 Å². The minimum atomic E-state index is -2.04. The molecule has 204 valence electrons. The molecule has 0 unspecified atom stereocenters. The molecular weight excluding hydrogens is 603 g/mol. The third kappa shape index (κ3) is 3.35. The number of nitrogens with zero attached hydrogens (tertiary/aromatic N) is 2. The second-order valence-electron chi connectivity index (χ2n) is 10.1. The number of fused-ring (bicyclic) bond motifs is 4. The highest BCUT2D eigenvalue weighted by atomic mass is 79.9. The minimum Gasteiger partial charge on any atom is -0.507 e. The van der Waals surface area contributed by atoms with E-state index in [1.54, 1.807) is 0 Å². The van der Waals surface area contributed by atoms with Crippen LogP contribution in [0.15, 0.2) is 23.8 Å². The number of methoxy groups -OCH3 is 2. The van der Waals surface area contributed by atoms with Gasteiger partial charge in [0.15, 0.2) is 9.75 Å². The molecule has 5 rings (SSSR count). The lowest BCUT2D eigenvalue weighted by molar-refractivity contribution is -0.141. The van der Waals surface area contributed by atoms with Crippen LogP contribution in [-0.4, -0.2) is 74.5 Å². The summed E-state index contributed by atoms with van der Waals surface area (Å²) in [5, 5.41) is 11.2. The maximum atomic E-state index is 13.8. The topological polar surface area (TPSA) is 113 Å². The van der Waals surface area contributed by atoms with E-state index in [0.717, 1.165) is 4.90 Å². The molecule has 1 saturated carbocycles. The highest BCUT2D eigenvalue weighted by molar-refractivity contribution is 9.09. The number of carbonyl (C=O) groups excluding carboxylic acids is 4. The van der Waals surface area contributed by atoms with Crippen LogP contribution in [-0.2, 0) is 19.2 Å². The number of halogens is 3. The third-order valence-corrected chi connectivity index (χ3v) is 10.3. The van der Waals surface area contributed by atoms with E-state index in [-0.39, 0.29) is 47.2 Å². The van der Waals surface area contributed by atoms with Crippen molar-refractivity contribution in [1.82, 2.24) is 9.80 Å². The maximum Gasteiger partial charge on any atom is 0.254 e. The van der Waals surface area contributed by atoms with Crippen molar-refractivity contribution in [2.45, 2.75) is 41.9 Å². The smallest absolute Gasteiger partial charge is 0.254 e. The van der Waals surface area contributed by atoms with Gasteiger partial charge in [-0.1, -0.05) is 34.5 Å². The normalized spacial score (nSPS) is 34.2. The van der Waals surface area contributed by atoms with E-state index in [2.05, 4.69) is 15.9 Å². The zero-order valence-corrected chi connectivity index (χ0v) is 24.1. The first kappa shape index (κ1) is 27.3. The van der Waals surface area contributed by atoms with Crippen LogP contribution >= 0.6 is 39.1 Å². The van der Waals surface area contributed by atoms with Gasteiger partial charge in [0.25, 0.3) is 11.8 Å². The van der Waals surface area contributed by atoms with E-state index < -0.39 is 45.2 Å². The number of allylic oxidation sites excluding steroid dienone is 2. The standard InChI is InChI=1S/C26H27BrCl2N2O7/c1-4-7-30-21(33)14-6-5-13-15(18(14)22(30)34)10-25(28)23(35)31(11-27)24(36)26(25,29)20(13)19-16(32)8-12(37-2)9-17(19)38-3/h5,8-9,14-15,18,20,32H,4,6-7,10-11H2,1-3H3/t14-,15+,18-,20+,25+,26-/m0/s1. The highest BCUT2D eigenvalue weighted by Crippen LogP contribution is 2.67. The molecule has 38 heavy (non-hydrogen) atoms. The minimum absolute atomic E-state index is 0.117. The lowest BCUT2D eigenvalue weighted by atomic mass is 9.56. The number of alkyl halides is 3. The van der Waals surface area contributed by atoms with Crippen molar-refractivity contribution >= 4 is 62.8 Å². The summed E-state index contributed by atoms with van der Waals surface area (Å²) in [6.45, 7) is 2.18. The average Bonchev–Trinajstić information content (AvgIpc) is 3.22. The molecule has 2 heterocycles. The first-order valence-corrected chi connectivity index (χ1v) is 14.2. The summed E-state index contributed by atoms with van der Waals surface area (Å²) in [5.41, 5.74) is 0.597. The number of hydrogen-bond donors (Lipinski definition) is 1. The molecule has 4 aliphatic rings. The molecule has 2 aliphatic carbocycles. The van der Waals surface area contributed by atoms with Crippen LogP contribution in [0.3, 0.4) is 0 Å². The second kappa shape index (κ2) is 9.41. The van der Waals surface area contributed by atoms with Gasteiger partial charge in [-0.2, -0.15) is 0 Å². The Morgan fingerprint density at radius 1 is 1.05 bits per heavy atom. The molecule has 0 radical (unpaired) electrons. The number of amides is 4. The van der Waals surface area contributed by atoms with Gasteiger partial charge in [0, 0.05) is 30.2 Å². The van der Waals surface area contributed by atoms with E-state index >= 15 is 0 Å². The average molecular weight is 630 g/mol. The fourth-order valence-corrected chi connectivity index (χ4v) is 8.15. The van der Waals surface area contributed by atoms with Crippen LogP contribution in [0.5, 0.6) is 17.2 Å². The largest absolute Gasteiger partial charge is 0.507 e. The van der Waals surface area contributed by atoms with Gasteiger partial charge >= 0.3 is 0 Å². The summed E-state index contributed by atoms with van der Waals surface area (Å²) in [6.07, 6.45) is 2.56. The van der Waals surface area contributed by atoms with Gasteiger partial charge in [-0.05, 0) is 25.2 Å². The molecule has 2 aliphatic heterocycles. The number of benzene rings is 1. The van der Waals surface area contributed by atoms with Gasteiger partial charge in [-0.3, -0.25) is 29.0 Å². The van der Waals surface area contributed by atoms with Crippen LogP contribution < -0.4 is 9.47 Å². The number of carbonyl (C=O) groups is 4. The number of phenols is 1. The predicted octanol–water partition coefficient (Wildman–Crippen LogP) is 3.53. The van der Waals surface area contributed by atoms with Gasteiger partial charge in [-0.25, -0.2) is 0 Å². The molecule has 12 heteroatoms. The third-order valence-electron chi connectivity index (χ3n) is 8.39. The van der Waals surface area contributed by atoms with Crippen LogP contribution in [0, 0.1) is 17.8 Å². The lowest BCUT2D eigenvalue weighted by Gasteiger charge is -2.51. The summed E-state index contributed by atoms with van der Waals surface area (Å²) in [7, 11) is 2.82. The molecular formula is C26H27BrCl2N2O7. The highest BCUT2D eigenvalue weighted by Gasteiger charge is 2.76. The molecule has 0 aromatic heterocycles. The van der Waals surface area contributed by atoms with E-state index in [1.165, 1.54) is 31.3 Å². The molecule has 0 spiro atoms. The molecule has 0 bridgehead atoms. The first-order chi connectivity index (χ1) is 18.0. The molecule has 4 amide bonds. The first-order valence-electron chi connectivity index (χ1n) is 12.3. The van der Waals surface area contributed by atoms with Crippen molar-refractivity contribution in [3.05, 3.63) is 29.3 Å². The quantitative estimate of drug-likeness (QED) is 0.222. The Balaban J connectivity index is 1.77. The summed E-state index contributed by atoms with van der Waals surface area (Å²) >= 11 is 17.6. The monoisotopic (exact) mass is 628 g/mol. The number of ether oxygens (including phenoxy) is 2. The Bertz CT molecular complexity index is 1290. The summed E-state index contributed by atoms with van der Waals surface area (Å²) in [4.78, 5) is 52.5. The Hall–Kier alpha value is -2.30. The van der Waals surface area contributed by atoms with Crippen molar-refractivity contribution in [2.24, 2.45) is 17.8 Å². The van der Waals surface area contributed by atoms with Gasteiger partial charge in [0.05, 0.1) is 31.5 Å². The molecule has 1 aromatic rings. The maximum absolute atomic E-state index is 13.8. The van der Waals surface area contributed by atoms with E-state index in [9.17, 15) is 24.3 Å². The van der Waals surface area contributed by atoms with Crippen molar-refractivity contribution < 1.29 is 33.8 Å². The number of hydrogen-bond acceptors (Lipinski definition) is 7. The molecule has 1 N–H and O–H groups in total. The Labute approximate surface area is 238 Å².